The van der Waals surface area contributed by atoms with Gasteiger partial charge in [-0.15, -0.1) is 0 Å². The fourth-order valence-corrected chi connectivity index (χ4v) is 2.43. The van der Waals surface area contributed by atoms with Crippen LogP contribution in [0, 0.1) is 0 Å². The molecule has 31 heavy (non-hydrogen) atoms. The van der Waals surface area contributed by atoms with E-state index in [9.17, 15) is 13.0 Å². The Morgan fingerprint density at radius 3 is 1.13 bits per heavy atom. The molecule has 0 atom stereocenters. The molecule has 0 aromatic rings. The predicted molar refractivity (Wildman–Crippen MR) is 125 cm³/mol. The predicted octanol–water partition coefficient (Wildman–Crippen LogP) is 0.977. The largest absolute Gasteiger partial charge is 0.726 e. The maximum Gasteiger partial charge on any atom is 0.217 e. The summed E-state index contributed by atoms with van der Waals surface area (Å²) in [5.74, 6) is 0. The highest BCUT2D eigenvalue weighted by Gasteiger charge is 1.96. The van der Waals surface area contributed by atoms with Gasteiger partial charge in [0.1, 0.15) is 0 Å². The van der Waals surface area contributed by atoms with Crippen LogP contribution in [0.15, 0.2) is 0 Å². The van der Waals surface area contributed by atoms with Gasteiger partial charge in [0.15, 0.2) is 0 Å². The SMILES string of the molecule is CCCCCCCCCCCCCCOS(=O)(=O)[O-].NCCO.NCCO.NCCO. The molecule has 10 nitrogen and oxygen atoms in total. The Hall–Kier alpha value is -0.370. The monoisotopic (exact) mass is 476 g/mol. The summed E-state index contributed by atoms with van der Waals surface area (Å²) >= 11 is 0. The van der Waals surface area contributed by atoms with Crippen LogP contribution in [0.3, 0.4) is 0 Å². The van der Waals surface area contributed by atoms with E-state index in [0.29, 0.717) is 26.1 Å². The van der Waals surface area contributed by atoms with E-state index < -0.39 is 10.4 Å². The van der Waals surface area contributed by atoms with Gasteiger partial charge >= 0.3 is 0 Å². The molecule has 0 unspecified atom stereocenters. The van der Waals surface area contributed by atoms with Gasteiger partial charge in [0, 0.05) is 19.6 Å². The van der Waals surface area contributed by atoms with Crippen LogP contribution in [0.2, 0.25) is 0 Å². The number of rotatable bonds is 17. The molecule has 0 rings (SSSR count). The van der Waals surface area contributed by atoms with Gasteiger partial charge in [-0.25, -0.2) is 8.42 Å². The molecule has 0 heterocycles. The summed E-state index contributed by atoms with van der Waals surface area (Å²) in [5, 5.41) is 23.2. The van der Waals surface area contributed by atoms with Crippen molar-refractivity contribution in [3.05, 3.63) is 0 Å². The minimum absolute atomic E-state index is 0.0310. The van der Waals surface area contributed by atoms with E-state index in [2.05, 4.69) is 11.1 Å². The number of hydrogen-bond acceptors (Lipinski definition) is 10. The summed E-state index contributed by atoms with van der Waals surface area (Å²) in [6.45, 7) is 3.68. The van der Waals surface area contributed by atoms with E-state index in [4.69, 9.17) is 32.5 Å². The molecule has 0 aromatic carbocycles. The molecule has 0 fully saturated rings. The second-order valence-corrected chi connectivity index (χ2v) is 7.71. The minimum atomic E-state index is -4.49. The molecular formula is C20H50N3O7S-. The molecule has 0 aliphatic carbocycles. The summed E-state index contributed by atoms with van der Waals surface area (Å²) in [5.41, 5.74) is 14.3. The first kappa shape index (κ1) is 37.9. The summed E-state index contributed by atoms with van der Waals surface area (Å²) in [4.78, 5) is 0. The maximum absolute atomic E-state index is 10.2. The first-order valence-corrected chi connectivity index (χ1v) is 12.7. The van der Waals surface area contributed by atoms with Gasteiger partial charge in [-0.1, -0.05) is 77.6 Å². The number of aliphatic hydroxyl groups excluding tert-OH is 3. The Kier molecular flexibility index (Phi) is 45.2. The molecule has 0 spiro atoms. The molecular weight excluding hydrogens is 426 g/mol. The maximum atomic E-state index is 10.2. The molecule has 11 heteroatoms. The van der Waals surface area contributed by atoms with E-state index in [1.165, 1.54) is 57.8 Å². The zero-order valence-electron chi connectivity index (χ0n) is 19.5. The number of unbranched alkanes of at least 4 members (excludes halogenated alkanes) is 11. The third-order valence-corrected chi connectivity index (χ3v) is 4.07. The van der Waals surface area contributed by atoms with Crippen LogP contribution >= 0.6 is 0 Å². The van der Waals surface area contributed by atoms with Crippen LogP contribution in [0.25, 0.3) is 0 Å². The van der Waals surface area contributed by atoms with Crippen molar-refractivity contribution in [3.63, 3.8) is 0 Å². The molecule has 9 N–H and O–H groups in total. The van der Waals surface area contributed by atoms with Gasteiger partial charge in [0.2, 0.25) is 10.4 Å². The molecule has 0 radical (unpaired) electrons. The second-order valence-electron chi connectivity index (χ2n) is 6.66. The van der Waals surface area contributed by atoms with Crippen LogP contribution in [0.5, 0.6) is 0 Å². The molecule has 0 aliphatic heterocycles. The lowest BCUT2D eigenvalue weighted by Crippen LogP contribution is -2.05. The van der Waals surface area contributed by atoms with Crippen molar-refractivity contribution in [2.24, 2.45) is 17.2 Å². The van der Waals surface area contributed by atoms with Crippen LogP contribution in [0.4, 0.5) is 0 Å². The van der Waals surface area contributed by atoms with Crippen molar-refractivity contribution in [1.82, 2.24) is 0 Å². The van der Waals surface area contributed by atoms with Crippen molar-refractivity contribution >= 4 is 10.4 Å². The van der Waals surface area contributed by atoms with E-state index >= 15 is 0 Å². The molecule has 0 amide bonds. The Balaban J connectivity index is -0.000000247. The van der Waals surface area contributed by atoms with Crippen molar-refractivity contribution in [1.29, 1.82) is 0 Å². The van der Waals surface area contributed by atoms with E-state index in [1.807, 2.05) is 0 Å². The number of hydrogen-bond donors (Lipinski definition) is 6. The van der Waals surface area contributed by atoms with Gasteiger partial charge in [-0.05, 0) is 6.42 Å². The number of aliphatic hydroxyl groups is 3. The molecule has 194 valence electrons. The first-order valence-electron chi connectivity index (χ1n) is 11.3. The average Bonchev–Trinajstić information content (AvgIpc) is 2.76. The first-order chi connectivity index (χ1) is 14.8. The Labute approximate surface area is 190 Å². The fourth-order valence-electron chi connectivity index (χ4n) is 2.10. The van der Waals surface area contributed by atoms with Crippen molar-refractivity contribution in [3.8, 4) is 0 Å². The van der Waals surface area contributed by atoms with Crippen LogP contribution in [0.1, 0.15) is 84.0 Å². The highest BCUT2D eigenvalue weighted by molar-refractivity contribution is 7.80. The summed E-state index contributed by atoms with van der Waals surface area (Å²) in [6.07, 6.45) is 14.5. The zero-order valence-corrected chi connectivity index (χ0v) is 20.4. The smallest absolute Gasteiger partial charge is 0.217 e. The lowest BCUT2D eigenvalue weighted by molar-refractivity contribution is 0.255. The lowest BCUT2D eigenvalue weighted by Gasteiger charge is -2.07. The number of nitrogens with two attached hydrogens (primary N) is 3. The quantitative estimate of drug-likeness (QED) is 0.0996. The molecule has 0 aliphatic rings. The minimum Gasteiger partial charge on any atom is -0.726 e. The molecule has 0 saturated heterocycles. The topological polar surface area (TPSA) is 205 Å². The van der Waals surface area contributed by atoms with Crippen LogP contribution in [-0.2, 0) is 14.6 Å². The highest BCUT2D eigenvalue weighted by Crippen LogP contribution is 2.11. The Bertz CT molecular complexity index is 360. The molecule has 0 bridgehead atoms. The third kappa shape index (κ3) is 65.2. The normalized spacial score (nSPS) is 10.2. The standard InChI is InChI=1S/C14H30O4S.3C2H7NO/c1-2-3-4-5-6-7-8-9-10-11-12-13-14-18-19(15,16)17;3*3-1-2-4/h2-14H2,1H3,(H,15,16,17);3*4H,1-3H2/p-1. The van der Waals surface area contributed by atoms with Crippen molar-refractivity contribution in [2.45, 2.75) is 84.0 Å². The van der Waals surface area contributed by atoms with Gasteiger partial charge in [0.05, 0.1) is 26.4 Å². The van der Waals surface area contributed by atoms with Crippen LogP contribution in [-0.4, -0.2) is 74.4 Å². The average molecular weight is 477 g/mol. The summed E-state index contributed by atoms with van der Waals surface area (Å²) in [7, 11) is -4.49. The summed E-state index contributed by atoms with van der Waals surface area (Å²) in [6, 6.07) is 0. The second kappa shape index (κ2) is 37.0. The van der Waals surface area contributed by atoms with Gasteiger partial charge in [-0.2, -0.15) is 0 Å². The fraction of sp³-hybridized carbons (Fsp3) is 1.00. The summed E-state index contributed by atoms with van der Waals surface area (Å²) < 4.78 is 34.6. The van der Waals surface area contributed by atoms with E-state index in [0.717, 1.165) is 12.8 Å². The molecule has 0 saturated carbocycles. The van der Waals surface area contributed by atoms with E-state index in [-0.39, 0.29) is 26.4 Å². The van der Waals surface area contributed by atoms with E-state index in [1.54, 1.807) is 0 Å². The van der Waals surface area contributed by atoms with Gasteiger partial charge in [0.25, 0.3) is 0 Å². The Morgan fingerprint density at radius 1 is 0.645 bits per heavy atom. The zero-order chi connectivity index (χ0) is 24.6. The highest BCUT2D eigenvalue weighted by atomic mass is 32.3. The van der Waals surface area contributed by atoms with Gasteiger partial charge < -0.3 is 37.1 Å². The Morgan fingerprint density at radius 2 is 0.903 bits per heavy atom. The van der Waals surface area contributed by atoms with Crippen molar-refractivity contribution in [2.75, 3.05) is 46.1 Å². The lowest BCUT2D eigenvalue weighted by atomic mass is 10.1. The third-order valence-electron chi connectivity index (χ3n) is 3.61. The van der Waals surface area contributed by atoms with Crippen molar-refractivity contribution < 1.29 is 32.5 Å². The molecule has 0 aromatic heterocycles. The van der Waals surface area contributed by atoms with Crippen LogP contribution < -0.4 is 17.2 Å². The van der Waals surface area contributed by atoms with Gasteiger partial charge in [-0.3, -0.25) is 4.18 Å².